The van der Waals surface area contributed by atoms with Crippen molar-refractivity contribution in [1.29, 1.82) is 0 Å². The van der Waals surface area contributed by atoms with Crippen LogP contribution in [0.5, 0.6) is 0 Å². The summed E-state index contributed by atoms with van der Waals surface area (Å²) in [7, 11) is -3.14. The van der Waals surface area contributed by atoms with Crippen LogP contribution in [0, 0.1) is 0 Å². The van der Waals surface area contributed by atoms with Crippen molar-refractivity contribution in [3.63, 3.8) is 0 Å². The maximum Gasteiger partial charge on any atom is 0.211 e. The molecule has 0 aliphatic heterocycles. The van der Waals surface area contributed by atoms with Gasteiger partial charge in [-0.25, -0.2) is 13.1 Å². The van der Waals surface area contributed by atoms with E-state index < -0.39 is 10.0 Å². The summed E-state index contributed by atoms with van der Waals surface area (Å²) in [4.78, 5) is 3.93. The van der Waals surface area contributed by atoms with E-state index in [0.29, 0.717) is 19.4 Å². The van der Waals surface area contributed by atoms with Gasteiger partial charge in [0.1, 0.15) is 0 Å². The molecule has 0 unspecified atom stereocenters. The van der Waals surface area contributed by atoms with Crippen LogP contribution in [0.4, 0.5) is 0 Å². The van der Waals surface area contributed by atoms with Crippen LogP contribution in [-0.4, -0.2) is 38.8 Å². The molecule has 0 saturated heterocycles. The lowest BCUT2D eigenvalue weighted by Crippen LogP contribution is -2.28. The molecule has 0 aromatic carbocycles. The largest absolute Gasteiger partial charge is 0.317 e. The lowest BCUT2D eigenvalue weighted by molar-refractivity contribution is 0.573. The molecule has 6 heteroatoms. The van der Waals surface area contributed by atoms with Crippen LogP contribution in [0.25, 0.3) is 0 Å². The zero-order chi connectivity index (χ0) is 14.7. The van der Waals surface area contributed by atoms with Gasteiger partial charge in [0.25, 0.3) is 0 Å². The standard InChI is InChI=1S/C14H25N3O2S/c1-2-8-15-9-3-4-13-20(18,19)17-12-7-14-5-10-16-11-6-14/h5-6,10-11,15,17H,2-4,7-9,12-13H2,1H3. The smallest absolute Gasteiger partial charge is 0.211 e. The number of aromatic nitrogens is 1. The summed E-state index contributed by atoms with van der Waals surface area (Å²) in [5, 5.41) is 3.26. The number of sulfonamides is 1. The first kappa shape index (κ1) is 17.1. The zero-order valence-corrected chi connectivity index (χ0v) is 13.0. The van der Waals surface area contributed by atoms with E-state index in [1.54, 1.807) is 12.4 Å². The highest BCUT2D eigenvalue weighted by Crippen LogP contribution is 1.98. The summed E-state index contributed by atoms with van der Waals surface area (Å²) >= 11 is 0. The van der Waals surface area contributed by atoms with Crippen LogP contribution in [-0.2, 0) is 16.4 Å². The molecule has 0 atom stereocenters. The number of nitrogens with zero attached hydrogens (tertiary/aromatic N) is 1. The Kier molecular flexibility index (Phi) is 8.41. The highest BCUT2D eigenvalue weighted by molar-refractivity contribution is 7.89. The predicted molar refractivity (Wildman–Crippen MR) is 82.1 cm³/mol. The summed E-state index contributed by atoms with van der Waals surface area (Å²) in [6.45, 7) is 4.45. The summed E-state index contributed by atoms with van der Waals surface area (Å²) < 4.78 is 26.2. The second kappa shape index (κ2) is 9.85. The summed E-state index contributed by atoms with van der Waals surface area (Å²) in [5.41, 5.74) is 1.09. The number of hydrogen-bond acceptors (Lipinski definition) is 4. The van der Waals surface area contributed by atoms with E-state index in [1.165, 1.54) is 0 Å². The molecule has 1 aromatic heterocycles. The average molecular weight is 299 g/mol. The van der Waals surface area contributed by atoms with Gasteiger partial charge in [-0.3, -0.25) is 4.98 Å². The molecular formula is C14H25N3O2S. The van der Waals surface area contributed by atoms with Crippen molar-refractivity contribution < 1.29 is 8.42 Å². The lowest BCUT2D eigenvalue weighted by atomic mass is 10.2. The first-order valence-electron chi connectivity index (χ1n) is 7.21. The minimum Gasteiger partial charge on any atom is -0.317 e. The van der Waals surface area contributed by atoms with Crippen LogP contribution in [0.1, 0.15) is 31.7 Å². The summed E-state index contributed by atoms with van der Waals surface area (Å²) in [5.74, 6) is 0.206. The van der Waals surface area contributed by atoms with Gasteiger partial charge in [-0.05, 0) is 56.5 Å². The van der Waals surface area contributed by atoms with E-state index in [4.69, 9.17) is 0 Å². The van der Waals surface area contributed by atoms with Gasteiger partial charge in [-0.2, -0.15) is 0 Å². The van der Waals surface area contributed by atoms with Gasteiger partial charge in [-0.1, -0.05) is 6.92 Å². The molecule has 0 radical (unpaired) electrons. The SMILES string of the molecule is CCCNCCCCS(=O)(=O)NCCc1ccncc1. The highest BCUT2D eigenvalue weighted by atomic mass is 32.2. The van der Waals surface area contributed by atoms with Gasteiger partial charge in [0.2, 0.25) is 10.0 Å². The Morgan fingerprint density at radius 1 is 1.10 bits per heavy atom. The molecule has 1 rings (SSSR count). The third-order valence-electron chi connectivity index (χ3n) is 2.93. The fourth-order valence-corrected chi connectivity index (χ4v) is 2.96. The van der Waals surface area contributed by atoms with Gasteiger partial charge in [0.05, 0.1) is 5.75 Å². The Balaban J connectivity index is 2.12. The summed E-state index contributed by atoms with van der Waals surface area (Å²) in [6.07, 6.45) is 6.82. The Hall–Kier alpha value is -0.980. The van der Waals surface area contributed by atoms with E-state index >= 15 is 0 Å². The van der Waals surface area contributed by atoms with E-state index in [9.17, 15) is 8.42 Å². The topological polar surface area (TPSA) is 71.1 Å². The zero-order valence-electron chi connectivity index (χ0n) is 12.1. The Morgan fingerprint density at radius 2 is 1.85 bits per heavy atom. The molecule has 0 aliphatic rings. The molecule has 0 spiro atoms. The first-order valence-corrected chi connectivity index (χ1v) is 8.86. The second-order valence-electron chi connectivity index (χ2n) is 4.78. The number of hydrogen-bond donors (Lipinski definition) is 2. The Labute approximate surface area is 122 Å². The second-order valence-corrected chi connectivity index (χ2v) is 6.70. The molecule has 0 fully saturated rings. The van der Waals surface area contributed by atoms with E-state index in [1.807, 2.05) is 12.1 Å². The minimum atomic E-state index is -3.14. The van der Waals surface area contributed by atoms with Crippen molar-refractivity contribution in [1.82, 2.24) is 15.0 Å². The van der Waals surface area contributed by atoms with Crippen LogP contribution >= 0.6 is 0 Å². The predicted octanol–water partition coefficient (Wildman–Crippen LogP) is 1.32. The van der Waals surface area contributed by atoms with Crippen LogP contribution in [0.15, 0.2) is 24.5 Å². The van der Waals surface area contributed by atoms with Crippen molar-refractivity contribution in [2.24, 2.45) is 0 Å². The van der Waals surface area contributed by atoms with Crippen molar-refractivity contribution in [2.75, 3.05) is 25.4 Å². The van der Waals surface area contributed by atoms with E-state index in [-0.39, 0.29) is 5.75 Å². The Bertz CT molecular complexity index is 449. The maximum absolute atomic E-state index is 11.8. The van der Waals surface area contributed by atoms with E-state index in [2.05, 4.69) is 21.9 Å². The molecule has 0 aliphatic carbocycles. The van der Waals surface area contributed by atoms with Crippen molar-refractivity contribution >= 4 is 10.0 Å². The molecule has 2 N–H and O–H groups in total. The summed E-state index contributed by atoms with van der Waals surface area (Å²) in [6, 6.07) is 3.79. The molecule has 0 saturated carbocycles. The Morgan fingerprint density at radius 3 is 2.55 bits per heavy atom. The number of pyridine rings is 1. The van der Waals surface area contributed by atoms with Gasteiger partial charge >= 0.3 is 0 Å². The fraction of sp³-hybridized carbons (Fsp3) is 0.643. The number of nitrogens with one attached hydrogen (secondary N) is 2. The molecule has 0 bridgehead atoms. The number of unbranched alkanes of at least 4 members (excludes halogenated alkanes) is 1. The maximum atomic E-state index is 11.8. The first-order chi connectivity index (χ1) is 9.64. The third-order valence-corrected chi connectivity index (χ3v) is 4.40. The van der Waals surface area contributed by atoms with Crippen molar-refractivity contribution in [3.05, 3.63) is 30.1 Å². The molecule has 1 aromatic rings. The van der Waals surface area contributed by atoms with Crippen molar-refractivity contribution in [2.45, 2.75) is 32.6 Å². The highest BCUT2D eigenvalue weighted by Gasteiger charge is 2.08. The quantitative estimate of drug-likeness (QED) is 0.605. The molecule has 114 valence electrons. The molecule has 20 heavy (non-hydrogen) atoms. The van der Waals surface area contributed by atoms with Crippen LogP contribution < -0.4 is 10.0 Å². The van der Waals surface area contributed by atoms with Crippen LogP contribution in [0.3, 0.4) is 0 Å². The van der Waals surface area contributed by atoms with Crippen LogP contribution in [0.2, 0.25) is 0 Å². The average Bonchev–Trinajstić information content (AvgIpc) is 2.44. The fourth-order valence-electron chi connectivity index (χ4n) is 1.82. The molecular weight excluding hydrogens is 274 g/mol. The normalized spacial score (nSPS) is 11.7. The lowest BCUT2D eigenvalue weighted by Gasteiger charge is -2.07. The molecule has 5 nitrogen and oxygen atoms in total. The van der Waals surface area contributed by atoms with Gasteiger partial charge in [0, 0.05) is 18.9 Å². The van der Waals surface area contributed by atoms with Gasteiger partial charge < -0.3 is 5.32 Å². The van der Waals surface area contributed by atoms with Crippen molar-refractivity contribution in [3.8, 4) is 0 Å². The third kappa shape index (κ3) is 8.24. The minimum absolute atomic E-state index is 0.206. The van der Waals surface area contributed by atoms with Gasteiger partial charge in [-0.15, -0.1) is 0 Å². The van der Waals surface area contributed by atoms with E-state index in [0.717, 1.165) is 31.5 Å². The number of rotatable bonds is 11. The molecule has 0 amide bonds. The molecule has 1 heterocycles. The van der Waals surface area contributed by atoms with Gasteiger partial charge in [0.15, 0.2) is 0 Å². The monoisotopic (exact) mass is 299 g/mol.